The van der Waals surface area contributed by atoms with Gasteiger partial charge >= 0.3 is 6.09 Å². The summed E-state index contributed by atoms with van der Waals surface area (Å²) in [4.78, 5) is 22.1. The van der Waals surface area contributed by atoms with Crippen molar-refractivity contribution in [1.29, 1.82) is 0 Å². The van der Waals surface area contributed by atoms with Crippen molar-refractivity contribution in [3.05, 3.63) is 0 Å². The van der Waals surface area contributed by atoms with Gasteiger partial charge in [-0.3, -0.25) is 4.79 Å². The number of ketones is 1. The van der Waals surface area contributed by atoms with E-state index in [-0.39, 0.29) is 11.2 Å². The molecule has 1 spiro atoms. The number of rotatable bonds is 0. The van der Waals surface area contributed by atoms with Crippen LogP contribution in [0.5, 0.6) is 0 Å². The maximum Gasteiger partial charge on any atom is 0.407 e. The fourth-order valence-electron chi connectivity index (χ4n) is 1.37. The second-order valence-corrected chi connectivity index (χ2v) is 3.02. The number of likely N-dealkylation sites (tertiary alicyclic amines) is 1. The van der Waals surface area contributed by atoms with Gasteiger partial charge in [-0.2, -0.15) is 0 Å². The number of Topliss-reactive ketones (excluding diaryl/α,β-unsaturated/α-hetero) is 1. The molecular formula is C6H7NO3. The molecule has 4 nitrogen and oxygen atoms in total. The van der Waals surface area contributed by atoms with Crippen molar-refractivity contribution in [2.45, 2.75) is 6.42 Å². The summed E-state index contributed by atoms with van der Waals surface area (Å²) < 4.78 is 0. The number of carbonyl (C=O) groups excluding carboxylic acids is 1. The highest BCUT2D eigenvalue weighted by Crippen LogP contribution is 2.48. The van der Waals surface area contributed by atoms with E-state index in [9.17, 15) is 9.59 Å². The molecular weight excluding hydrogens is 134 g/mol. The van der Waals surface area contributed by atoms with Gasteiger partial charge in [0.05, 0.1) is 5.41 Å². The minimum atomic E-state index is -0.912. The maximum absolute atomic E-state index is 10.6. The largest absolute Gasteiger partial charge is 0.465 e. The molecule has 2 rings (SSSR count). The predicted molar refractivity (Wildman–Crippen MR) is 31.7 cm³/mol. The molecule has 2 aliphatic rings. The molecule has 0 aromatic heterocycles. The normalized spacial score (nSPS) is 26.4. The van der Waals surface area contributed by atoms with Crippen molar-refractivity contribution in [3.8, 4) is 0 Å². The summed E-state index contributed by atoms with van der Waals surface area (Å²) in [6, 6.07) is 0. The molecule has 0 unspecified atom stereocenters. The number of amides is 1. The van der Waals surface area contributed by atoms with Crippen LogP contribution in [0.15, 0.2) is 0 Å². The summed E-state index contributed by atoms with van der Waals surface area (Å²) in [5.41, 5.74) is -0.210. The fraction of sp³-hybridized carbons (Fsp3) is 0.667. The molecule has 2 fully saturated rings. The Morgan fingerprint density at radius 1 is 1.60 bits per heavy atom. The van der Waals surface area contributed by atoms with Crippen LogP contribution >= 0.6 is 0 Å². The zero-order chi connectivity index (χ0) is 7.35. The number of carbonyl (C=O) groups is 2. The SMILES string of the molecule is O=C(O)N1CC2(CC2=O)C1. The van der Waals surface area contributed by atoms with Crippen molar-refractivity contribution >= 4 is 11.9 Å². The van der Waals surface area contributed by atoms with Gasteiger partial charge in [-0.05, 0) is 0 Å². The van der Waals surface area contributed by atoms with Gasteiger partial charge in [0.2, 0.25) is 0 Å². The molecule has 0 atom stereocenters. The maximum atomic E-state index is 10.6. The fourth-order valence-corrected chi connectivity index (χ4v) is 1.37. The smallest absolute Gasteiger partial charge is 0.407 e. The highest BCUT2D eigenvalue weighted by Gasteiger charge is 2.62. The molecule has 4 heteroatoms. The molecule has 0 aromatic carbocycles. The number of hydrogen-bond donors (Lipinski definition) is 1. The van der Waals surface area contributed by atoms with Crippen LogP contribution in [0.3, 0.4) is 0 Å². The van der Waals surface area contributed by atoms with E-state index in [1.165, 1.54) is 4.90 Å². The van der Waals surface area contributed by atoms with Crippen LogP contribution in [-0.2, 0) is 4.79 Å². The first-order chi connectivity index (χ1) is 4.64. The average Bonchev–Trinajstić information content (AvgIpc) is 2.36. The molecule has 1 aliphatic carbocycles. The minimum Gasteiger partial charge on any atom is -0.465 e. The lowest BCUT2D eigenvalue weighted by molar-refractivity contribution is -0.115. The van der Waals surface area contributed by atoms with Crippen LogP contribution < -0.4 is 0 Å². The lowest BCUT2D eigenvalue weighted by atomic mass is 9.98. The van der Waals surface area contributed by atoms with E-state index in [1.807, 2.05) is 0 Å². The van der Waals surface area contributed by atoms with E-state index >= 15 is 0 Å². The molecule has 1 aliphatic heterocycles. The third-order valence-corrected chi connectivity index (χ3v) is 2.22. The Labute approximate surface area is 57.4 Å². The molecule has 1 N–H and O–H groups in total. The number of nitrogens with zero attached hydrogens (tertiary/aromatic N) is 1. The topological polar surface area (TPSA) is 57.6 Å². The van der Waals surface area contributed by atoms with Crippen LogP contribution in [0.4, 0.5) is 4.79 Å². The standard InChI is InChI=1S/C6H7NO3/c8-4-1-6(4)2-7(3-6)5(9)10/h1-3H2,(H,9,10). The number of carboxylic acid groups (broad SMARTS) is 1. The van der Waals surface area contributed by atoms with Gasteiger partial charge in [-0.1, -0.05) is 0 Å². The van der Waals surface area contributed by atoms with E-state index in [4.69, 9.17) is 5.11 Å². The molecule has 1 amide bonds. The van der Waals surface area contributed by atoms with Gasteiger partial charge in [0.1, 0.15) is 5.78 Å². The Kier molecular flexibility index (Phi) is 0.760. The first-order valence-corrected chi connectivity index (χ1v) is 3.15. The molecule has 1 saturated carbocycles. The molecule has 1 heterocycles. The van der Waals surface area contributed by atoms with E-state index in [2.05, 4.69) is 0 Å². The Hall–Kier alpha value is -1.06. The Morgan fingerprint density at radius 2 is 2.10 bits per heavy atom. The van der Waals surface area contributed by atoms with Gasteiger partial charge in [-0.25, -0.2) is 4.79 Å². The molecule has 1 saturated heterocycles. The van der Waals surface area contributed by atoms with E-state index in [1.54, 1.807) is 0 Å². The quantitative estimate of drug-likeness (QED) is 0.514. The highest BCUT2D eigenvalue weighted by molar-refractivity contribution is 6.03. The first-order valence-electron chi connectivity index (χ1n) is 3.15. The zero-order valence-corrected chi connectivity index (χ0v) is 5.33. The van der Waals surface area contributed by atoms with Gasteiger partial charge in [0.25, 0.3) is 0 Å². The zero-order valence-electron chi connectivity index (χ0n) is 5.33. The van der Waals surface area contributed by atoms with Gasteiger partial charge in [-0.15, -0.1) is 0 Å². The van der Waals surface area contributed by atoms with Crippen molar-refractivity contribution in [3.63, 3.8) is 0 Å². The average molecular weight is 141 g/mol. The molecule has 54 valence electrons. The second kappa shape index (κ2) is 1.33. The van der Waals surface area contributed by atoms with E-state index in [0.717, 1.165) is 0 Å². The van der Waals surface area contributed by atoms with Crippen molar-refractivity contribution in [2.75, 3.05) is 13.1 Å². The van der Waals surface area contributed by atoms with Crippen LogP contribution in [-0.4, -0.2) is 35.0 Å². The summed E-state index contributed by atoms with van der Waals surface area (Å²) in [6.07, 6.45) is -0.318. The van der Waals surface area contributed by atoms with Crippen LogP contribution in [0.25, 0.3) is 0 Å². The molecule has 10 heavy (non-hydrogen) atoms. The second-order valence-electron chi connectivity index (χ2n) is 3.02. The van der Waals surface area contributed by atoms with E-state index < -0.39 is 6.09 Å². The lowest BCUT2D eigenvalue weighted by Crippen LogP contribution is -2.52. The third kappa shape index (κ3) is 0.509. The van der Waals surface area contributed by atoms with Gasteiger partial charge < -0.3 is 10.0 Å². The van der Waals surface area contributed by atoms with Crippen molar-refractivity contribution in [2.24, 2.45) is 5.41 Å². The van der Waals surface area contributed by atoms with Crippen LogP contribution in [0.1, 0.15) is 6.42 Å². The Morgan fingerprint density at radius 3 is 2.40 bits per heavy atom. The molecule has 0 bridgehead atoms. The Balaban J connectivity index is 1.95. The molecule has 0 radical (unpaired) electrons. The van der Waals surface area contributed by atoms with Crippen LogP contribution in [0, 0.1) is 5.41 Å². The summed E-state index contributed by atoms with van der Waals surface area (Å²) in [5.74, 6) is 0.227. The van der Waals surface area contributed by atoms with Crippen molar-refractivity contribution in [1.82, 2.24) is 4.90 Å². The summed E-state index contributed by atoms with van der Waals surface area (Å²) >= 11 is 0. The minimum absolute atomic E-state index is 0.210. The summed E-state index contributed by atoms with van der Waals surface area (Å²) in [6.45, 7) is 0.863. The first kappa shape index (κ1) is 5.70. The highest BCUT2D eigenvalue weighted by atomic mass is 16.4. The predicted octanol–water partition coefficient (Wildman–Crippen LogP) is -0.0608. The monoisotopic (exact) mass is 141 g/mol. The number of hydrogen-bond acceptors (Lipinski definition) is 2. The lowest BCUT2D eigenvalue weighted by Gasteiger charge is -2.35. The summed E-state index contributed by atoms with van der Waals surface area (Å²) in [7, 11) is 0. The van der Waals surface area contributed by atoms with Crippen LogP contribution in [0.2, 0.25) is 0 Å². The Bertz CT molecular complexity index is 217. The van der Waals surface area contributed by atoms with E-state index in [0.29, 0.717) is 19.5 Å². The molecule has 0 aromatic rings. The van der Waals surface area contributed by atoms with Gasteiger partial charge in [0, 0.05) is 19.5 Å². The van der Waals surface area contributed by atoms with Crippen molar-refractivity contribution < 1.29 is 14.7 Å². The van der Waals surface area contributed by atoms with Gasteiger partial charge in [0.15, 0.2) is 0 Å². The summed E-state index contributed by atoms with van der Waals surface area (Å²) in [5, 5.41) is 8.39. The third-order valence-electron chi connectivity index (χ3n) is 2.22.